The lowest BCUT2D eigenvalue weighted by molar-refractivity contribution is -0.132. The van der Waals surface area contributed by atoms with Crippen molar-refractivity contribution >= 4 is 11.7 Å². The van der Waals surface area contributed by atoms with Crippen LogP contribution >= 0.6 is 0 Å². The molecule has 0 aromatic rings. The largest absolute Gasteiger partial charge is 0.464 e. The smallest absolute Gasteiger partial charge is 0.358 e. The van der Waals surface area contributed by atoms with Gasteiger partial charge in [-0.05, 0) is 0 Å². The normalized spacial score (nSPS) is 21.8. The SMILES string of the molecule is COC(=O)C1=NC(OC)CC=C1N. The van der Waals surface area contributed by atoms with E-state index in [0.29, 0.717) is 12.1 Å². The first-order valence-corrected chi connectivity index (χ1v) is 3.84. The van der Waals surface area contributed by atoms with Crippen molar-refractivity contribution in [2.24, 2.45) is 10.7 Å². The summed E-state index contributed by atoms with van der Waals surface area (Å²) in [6.45, 7) is 0. The van der Waals surface area contributed by atoms with Crippen LogP contribution in [0.3, 0.4) is 0 Å². The van der Waals surface area contributed by atoms with Crippen molar-refractivity contribution in [1.29, 1.82) is 0 Å². The Morgan fingerprint density at radius 3 is 2.92 bits per heavy atom. The Morgan fingerprint density at radius 2 is 2.38 bits per heavy atom. The Morgan fingerprint density at radius 1 is 1.69 bits per heavy atom. The Balaban J connectivity index is 2.84. The second kappa shape index (κ2) is 4.04. The summed E-state index contributed by atoms with van der Waals surface area (Å²) in [4.78, 5) is 15.1. The molecule has 0 saturated heterocycles. The van der Waals surface area contributed by atoms with E-state index < -0.39 is 5.97 Å². The van der Waals surface area contributed by atoms with Gasteiger partial charge < -0.3 is 15.2 Å². The molecule has 0 bridgehead atoms. The maximum atomic E-state index is 11.1. The highest BCUT2D eigenvalue weighted by Crippen LogP contribution is 2.11. The van der Waals surface area contributed by atoms with E-state index >= 15 is 0 Å². The molecule has 72 valence electrons. The third kappa shape index (κ3) is 2.06. The number of aliphatic imine (C=N–C) groups is 1. The molecule has 0 amide bonds. The minimum absolute atomic E-state index is 0.139. The molecular formula is C8H12N2O3. The highest BCUT2D eigenvalue weighted by molar-refractivity contribution is 6.43. The molecular weight excluding hydrogens is 172 g/mol. The second-order valence-corrected chi connectivity index (χ2v) is 2.55. The number of dihydropyridines is 1. The Kier molecular flexibility index (Phi) is 3.02. The van der Waals surface area contributed by atoms with Crippen LogP contribution in [0.1, 0.15) is 6.42 Å². The molecule has 0 saturated carbocycles. The van der Waals surface area contributed by atoms with Crippen LogP contribution in [0.5, 0.6) is 0 Å². The first kappa shape index (κ1) is 9.73. The lowest BCUT2D eigenvalue weighted by atomic mass is 10.1. The first-order chi connectivity index (χ1) is 6.19. The lowest BCUT2D eigenvalue weighted by Gasteiger charge is -2.16. The summed E-state index contributed by atoms with van der Waals surface area (Å²) in [6, 6.07) is 0. The van der Waals surface area contributed by atoms with Gasteiger partial charge in [0, 0.05) is 13.5 Å². The summed E-state index contributed by atoms with van der Waals surface area (Å²) >= 11 is 0. The Bertz CT molecular complexity index is 271. The minimum Gasteiger partial charge on any atom is -0.464 e. The predicted molar refractivity (Wildman–Crippen MR) is 47.1 cm³/mol. The highest BCUT2D eigenvalue weighted by atomic mass is 16.5. The fraction of sp³-hybridized carbons (Fsp3) is 0.500. The summed E-state index contributed by atoms with van der Waals surface area (Å²) in [6.07, 6.45) is 1.96. The van der Waals surface area contributed by atoms with Crippen LogP contribution in [-0.2, 0) is 14.3 Å². The van der Waals surface area contributed by atoms with Gasteiger partial charge in [0.25, 0.3) is 0 Å². The summed E-state index contributed by atoms with van der Waals surface area (Å²) in [7, 11) is 2.81. The molecule has 0 fully saturated rings. The van der Waals surface area contributed by atoms with Crippen LogP contribution < -0.4 is 5.73 Å². The van der Waals surface area contributed by atoms with Crippen molar-refractivity contribution in [3.05, 3.63) is 11.8 Å². The van der Waals surface area contributed by atoms with Gasteiger partial charge in [-0.3, -0.25) is 0 Å². The van der Waals surface area contributed by atoms with Gasteiger partial charge in [0.1, 0.15) is 0 Å². The second-order valence-electron chi connectivity index (χ2n) is 2.55. The van der Waals surface area contributed by atoms with Crippen molar-refractivity contribution < 1.29 is 14.3 Å². The van der Waals surface area contributed by atoms with Crippen LogP contribution in [0, 0.1) is 0 Å². The maximum absolute atomic E-state index is 11.1. The number of hydrogen-bond donors (Lipinski definition) is 1. The molecule has 2 N–H and O–H groups in total. The molecule has 13 heavy (non-hydrogen) atoms. The third-order valence-corrected chi connectivity index (χ3v) is 1.74. The van der Waals surface area contributed by atoms with E-state index in [1.54, 1.807) is 6.08 Å². The van der Waals surface area contributed by atoms with Crippen molar-refractivity contribution in [3.8, 4) is 0 Å². The molecule has 1 unspecified atom stereocenters. The van der Waals surface area contributed by atoms with Gasteiger partial charge in [0.15, 0.2) is 11.9 Å². The number of ether oxygens (including phenoxy) is 2. The zero-order valence-electron chi connectivity index (χ0n) is 7.61. The lowest BCUT2D eigenvalue weighted by Crippen LogP contribution is -2.28. The van der Waals surface area contributed by atoms with Gasteiger partial charge in [0.2, 0.25) is 0 Å². The molecule has 1 atom stereocenters. The van der Waals surface area contributed by atoms with E-state index in [2.05, 4.69) is 9.73 Å². The van der Waals surface area contributed by atoms with Crippen LogP contribution in [-0.4, -0.2) is 32.1 Å². The van der Waals surface area contributed by atoms with Gasteiger partial charge in [-0.2, -0.15) is 0 Å². The fourth-order valence-corrected chi connectivity index (χ4v) is 1.01. The molecule has 5 heteroatoms. The maximum Gasteiger partial charge on any atom is 0.358 e. The minimum atomic E-state index is -0.532. The van der Waals surface area contributed by atoms with Crippen LogP contribution in [0.15, 0.2) is 16.8 Å². The Labute approximate surface area is 76.2 Å². The molecule has 0 aliphatic carbocycles. The first-order valence-electron chi connectivity index (χ1n) is 3.84. The van der Waals surface area contributed by atoms with E-state index in [9.17, 15) is 4.79 Å². The molecule has 5 nitrogen and oxygen atoms in total. The van der Waals surface area contributed by atoms with Crippen molar-refractivity contribution in [1.82, 2.24) is 0 Å². The van der Waals surface area contributed by atoms with Crippen molar-refractivity contribution in [3.63, 3.8) is 0 Å². The fourth-order valence-electron chi connectivity index (χ4n) is 1.01. The average molecular weight is 184 g/mol. The van der Waals surface area contributed by atoms with Gasteiger partial charge in [-0.1, -0.05) is 6.08 Å². The number of methoxy groups -OCH3 is 2. The van der Waals surface area contributed by atoms with Gasteiger partial charge in [-0.15, -0.1) is 0 Å². The molecule has 1 rings (SSSR count). The van der Waals surface area contributed by atoms with Crippen LogP contribution in [0.25, 0.3) is 0 Å². The third-order valence-electron chi connectivity index (χ3n) is 1.74. The van der Waals surface area contributed by atoms with E-state index in [-0.39, 0.29) is 11.9 Å². The molecule has 0 aromatic carbocycles. The zero-order valence-corrected chi connectivity index (χ0v) is 7.61. The molecule has 1 aliphatic heterocycles. The number of carbonyl (C=O) groups excluding carboxylic acids is 1. The predicted octanol–water partition coefficient (Wildman–Crippen LogP) is -0.181. The Hall–Kier alpha value is -1.36. The van der Waals surface area contributed by atoms with Gasteiger partial charge >= 0.3 is 5.97 Å². The van der Waals surface area contributed by atoms with Crippen molar-refractivity contribution in [2.45, 2.75) is 12.6 Å². The van der Waals surface area contributed by atoms with Gasteiger partial charge in [-0.25, -0.2) is 9.79 Å². The van der Waals surface area contributed by atoms with E-state index in [4.69, 9.17) is 10.5 Å². The van der Waals surface area contributed by atoms with Crippen molar-refractivity contribution in [2.75, 3.05) is 14.2 Å². The zero-order chi connectivity index (χ0) is 9.84. The quantitative estimate of drug-likeness (QED) is 0.604. The highest BCUT2D eigenvalue weighted by Gasteiger charge is 2.21. The molecule has 1 aliphatic rings. The van der Waals surface area contributed by atoms with Crippen LogP contribution in [0.2, 0.25) is 0 Å². The summed E-state index contributed by atoms with van der Waals surface area (Å²) in [5, 5.41) is 0. The molecule has 0 spiro atoms. The van der Waals surface area contributed by atoms with E-state index in [0.717, 1.165) is 0 Å². The number of carbonyl (C=O) groups is 1. The van der Waals surface area contributed by atoms with Gasteiger partial charge in [0.05, 0.1) is 12.8 Å². The molecule has 0 radical (unpaired) electrons. The standard InChI is InChI=1S/C8H12N2O3/c1-12-6-4-3-5(9)7(10-6)8(11)13-2/h3,6H,4,9H2,1-2H3. The summed E-state index contributed by atoms with van der Waals surface area (Å²) < 4.78 is 9.48. The summed E-state index contributed by atoms with van der Waals surface area (Å²) in [5.41, 5.74) is 6.03. The topological polar surface area (TPSA) is 73.9 Å². The molecule has 1 heterocycles. The summed E-state index contributed by atoms with van der Waals surface area (Å²) in [5.74, 6) is -0.532. The number of nitrogens with two attached hydrogens (primary N) is 1. The van der Waals surface area contributed by atoms with E-state index in [1.165, 1.54) is 14.2 Å². The monoisotopic (exact) mass is 184 g/mol. The number of rotatable bonds is 2. The number of nitrogens with zero attached hydrogens (tertiary/aromatic N) is 1. The average Bonchev–Trinajstić information content (AvgIpc) is 2.17. The number of hydrogen-bond acceptors (Lipinski definition) is 5. The van der Waals surface area contributed by atoms with Crippen LogP contribution in [0.4, 0.5) is 0 Å². The number of esters is 1. The molecule has 0 aromatic heterocycles. The van der Waals surface area contributed by atoms with E-state index in [1.807, 2.05) is 0 Å².